The third-order valence-corrected chi connectivity index (χ3v) is 3.66. The van der Waals surface area contributed by atoms with Crippen molar-refractivity contribution in [3.05, 3.63) is 34.3 Å². The zero-order chi connectivity index (χ0) is 12.1. The van der Waals surface area contributed by atoms with Crippen LogP contribution in [0.25, 0.3) is 0 Å². The Labute approximate surface area is 111 Å². The summed E-state index contributed by atoms with van der Waals surface area (Å²) in [6, 6.07) is 5.92. The van der Waals surface area contributed by atoms with E-state index in [-0.39, 0.29) is 0 Å². The zero-order valence-corrected chi connectivity index (χ0v) is 11.6. The molecule has 0 amide bonds. The summed E-state index contributed by atoms with van der Waals surface area (Å²) in [6.45, 7) is 0.965. The van der Waals surface area contributed by atoms with Gasteiger partial charge < -0.3 is 11.1 Å². The summed E-state index contributed by atoms with van der Waals surface area (Å²) >= 11 is 3.46. The summed E-state index contributed by atoms with van der Waals surface area (Å²) in [4.78, 5) is 0. The van der Waals surface area contributed by atoms with Crippen molar-refractivity contribution in [2.45, 2.75) is 32.1 Å². The molecule has 0 saturated carbocycles. The van der Waals surface area contributed by atoms with Crippen LogP contribution >= 0.6 is 15.9 Å². The van der Waals surface area contributed by atoms with Crippen LogP contribution in [0, 0.1) is 0 Å². The highest BCUT2D eigenvalue weighted by Gasteiger charge is 2.04. The summed E-state index contributed by atoms with van der Waals surface area (Å²) in [5.74, 6) is 0. The van der Waals surface area contributed by atoms with E-state index in [1.807, 2.05) is 18.2 Å². The lowest BCUT2D eigenvalue weighted by Gasteiger charge is -2.14. The van der Waals surface area contributed by atoms with Crippen LogP contribution in [-0.2, 0) is 0 Å². The molecule has 1 aromatic carbocycles. The fraction of sp³-hybridized carbons (Fsp3) is 0.429. The number of nitrogen functional groups attached to an aromatic ring is 1. The minimum atomic E-state index is 0.811. The minimum Gasteiger partial charge on any atom is -0.397 e. The van der Waals surface area contributed by atoms with Crippen molar-refractivity contribution in [3.8, 4) is 0 Å². The largest absolute Gasteiger partial charge is 0.397 e. The number of hydrogen-bond donors (Lipinski definition) is 2. The van der Waals surface area contributed by atoms with Gasteiger partial charge in [-0.15, -0.1) is 0 Å². The first kappa shape index (κ1) is 12.5. The second-order valence-corrected chi connectivity index (χ2v) is 5.43. The van der Waals surface area contributed by atoms with Crippen LogP contribution in [-0.4, -0.2) is 6.54 Å². The first-order valence-electron chi connectivity index (χ1n) is 6.22. The predicted octanol–water partition coefficient (Wildman–Crippen LogP) is 4.33. The van der Waals surface area contributed by atoms with E-state index >= 15 is 0 Å². The predicted molar refractivity (Wildman–Crippen MR) is 78.2 cm³/mol. The molecule has 0 unspecified atom stereocenters. The van der Waals surface area contributed by atoms with Gasteiger partial charge in [0.25, 0.3) is 0 Å². The molecule has 2 nitrogen and oxygen atoms in total. The van der Waals surface area contributed by atoms with Crippen molar-refractivity contribution >= 4 is 27.3 Å². The molecule has 17 heavy (non-hydrogen) atoms. The van der Waals surface area contributed by atoms with Crippen molar-refractivity contribution in [2.75, 3.05) is 17.6 Å². The molecule has 1 aromatic rings. The molecule has 3 heteroatoms. The Hall–Kier alpha value is -0.960. The molecule has 0 bridgehead atoms. The fourth-order valence-electron chi connectivity index (χ4n) is 2.17. The Morgan fingerprint density at radius 3 is 2.94 bits per heavy atom. The average Bonchev–Trinajstić information content (AvgIpc) is 2.35. The summed E-state index contributed by atoms with van der Waals surface area (Å²) in [6.07, 6.45) is 8.77. The highest BCUT2D eigenvalue weighted by molar-refractivity contribution is 9.10. The van der Waals surface area contributed by atoms with Gasteiger partial charge in [0.2, 0.25) is 0 Å². The van der Waals surface area contributed by atoms with Crippen molar-refractivity contribution in [1.29, 1.82) is 0 Å². The first-order chi connectivity index (χ1) is 8.25. The maximum atomic E-state index is 5.91. The first-order valence-corrected chi connectivity index (χ1v) is 7.02. The molecule has 2 rings (SSSR count). The molecule has 0 aliphatic heterocycles. The van der Waals surface area contributed by atoms with Crippen LogP contribution in [0.5, 0.6) is 0 Å². The van der Waals surface area contributed by atoms with Gasteiger partial charge in [0.05, 0.1) is 11.4 Å². The van der Waals surface area contributed by atoms with Crippen molar-refractivity contribution in [2.24, 2.45) is 0 Å². The molecule has 0 heterocycles. The van der Waals surface area contributed by atoms with E-state index < -0.39 is 0 Å². The van der Waals surface area contributed by atoms with Crippen LogP contribution < -0.4 is 11.1 Å². The van der Waals surface area contributed by atoms with Gasteiger partial charge in [0.15, 0.2) is 0 Å². The molecule has 0 atom stereocenters. The smallest absolute Gasteiger partial charge is 0.0585 e. The van der Waals surface area contributed by atoms with E-state index in [1.165, 1.54) is 25.7 Å². The van der Waals surface area contributed by atoms with Gasteiger partial charge in [-0.25, -0.2) is 0 Å². The Bertz CT molecular complexity index is 413. The molecule has 0 fully saturated rings. The van der Waals surface area contributed by atoms with Crippen LogP contribution in [0.15, 0.2) is 34.3 Å². The standard InChI is InChI=1S/C14H19BrN2/c15-12-6-7-13(16)14(10-12)17-9-8-11-4-2-1-3-5-11/h4,6-7,10,17H,1-3,5,8-9,16H2. The molecule has 0 spiro atoms. The minimum absolute atomic E-state index is 0.811. The summed E-state index contributed by atoms with van der Waals surface area (Å²) < 4.78 is 1.06. The second kappa shape index (κ2) is 6.10. The van der Waals surface area contributed by atoms with Gasteiger partial charge in [-0.3, -0.25) is 0 Å². The molecule has 1 aliphatic carbocycles. The number of halogens is 1. The summed E-state index contributed by atoms with van der Waals surface area (Å²) in [5.41, 5.74) is 9.34. The number of nitrogens with one attached hydrogen (secondary N) is 1. The normalized spacial score (nSPS) is 15.5. The topological polar surface area (TPSA) is 38.0 Å². The van der Waals surface area contributed by atoms with Gasteiger partial charge in [-0.05, 0) is 50.3 Å². The molecule has 3 N–H and O–H groups in total. The SMILES string of the molecule is Nc1ccc(Br)cc1NCCC1=CCCCC1. The number of hydrogen-bond acceptors (Lipinski definition) is 2. The van der Waals surface area contributed by atoms with Crippen LogP contribution in [0.1, 0.15) is 32.1 Å². The Morgan fingerprint density at radius 1 is 1.29 bits per heavy atom. The molecule has 0 radical (unpaired) electrons. The lowest BCUT2D eigenvalue weighted by molar-refractivity contribution is 0.679. The quantitative estimate of drug-likeness (QED) is 0.641. The summed E-state index contributed by atoms with van der Waals surface area (Å²) in [7, 11) is 0. The van der Waals surface area contributed by atoms with Gasteiger partial charge >= 0.3 is 0 Å². The van der Waals surface area contributed by atoms with Crippen LogP contribution in [0.3, 0.4) is 0 Å². The molecule has 92 valence electrons. The highest BCUT2D eigenvalue weighted by atomic mass is 79.9. The molecule has 0 saturated heterocycles. The van der Waals surface area contributed by atoms with E-state index in [9.17, 15) is 0 Å². The van der Waals surface area contributed by atoms with Crippen LogP contribution in [0.4, 0.5) is 11.4 Å². The van der Waals surface area contributed by atoms with Crippen LogP contribution in [0.2, 0.25) is 0 Å². The van der Waals surface area contributed by atoms with Crippen molar-refractivity contribution in [3.63, 3.8) is 0 Å². The Balaban J connectivity index is 1.85. The molecule has 0 aromatic heterocycles. The monoisotopic (exact) mass is 294 g/mol. The average molecular weight is 295 g/mol. The zero-order valence-electron chi connectivity index (χ0n) is 10.0. The number of rotatable bonds is 4. The third-order valence-electron chi connectivity index (χ3n) is 3.16. The van der Waals surface area contributed by atoms with Crippen molar-refractivity contribution in [1.82, 2.24) is 0 Å². The Morgan fingerprint density at radius 2 is 2.18 bits per heavy atom. The summed E-state index contributed by atoms with van der Waals surface area (Å²) in [5, 5.41) is 3.41. The number of benzene rings is 1. The van der Waals surface area contributed by atoms with Gasteiger partial charge in [0.1, 0.15) is 0 Å². The second-order valence-electron chi connectivity index (χ2n) is 4.52. The van der Waals surface area contributed by atoms with E-state index in [0.29, 0.717) is 0 Å². The molecular formula is C14H19BrN2. The maximum Gasteiger partial charge on any atom is 0.0585 e. The van der Waals surface area contributed by atoms with Gasteiger partial charge in [-0.2, -0.15) is 0 Å². The molecule has 1 aliphatic rings. The van der Waals surface area contributed by atoms with Crippen molar-refractivity contribution < 1.29 is 0 Å². The van der Waals surface area contributed by atoms with Gasteiger partial charge in [-0.1, -0.05) is 27.6 Å². The van der Waals surface area contributed by atoms with E-state index in [1.54, 1.807) is 5.57 Å². The van der Waals surface area contributed by atoms with E-state index in [4.69, 9.17) is 5.73 Å². The van der Waals surface area contributed by atoms with E-state index in [2.05, 4.69) is 27.3 Å². The number of nitrogens with two attached hydrogens (primary N) is 1. The fourth-order valence-corrected chi connectivity index (χ4v) is 2.53. The molecular weight excluding hydrogens is 276 g/mol. The lowest BCUT2D eigenvalue weighted by atomic mass is 9.97. The maximum absolute atomic E-state index is 5.91. The van der Waals surface area contributed by atoms with E-state index in [0.717, 1.165) is 28.8 Å². The number of anilines is 2. The highest BCUT2D eigenvalue weighted by Crippen LogP contribution is 2.24. The van der Waals surface area contributed by atoms with Gasteiger partial charge in [0, 0.05) is 11.0 Å². The third kappa shape index (κ3) is 3.77. The number of allylic oxidation sites excluding steroid dienone is 1. The lowest BCUT2D eigenvalue weighted by Crippen LogP contribution is -2.06. The Kier molecular flexibility index (Phi) is 4.49.